The van der Waals surface area contributed by atoms with Crippen LogP contribution in [-0.2, 0) is 14.3 Å². The van der Waals surface area contributed by atoms with E-state index in [0.717, 1.165) is 6.92 Å². The Morgan fingerprint density at radius 1 is 1.11 bits per heavy atom. The van der Waals surface area contributed by atoms with Crippen LogP contribution in [0.1, 0.15) is 30.1 Å². The summed E-state index contributed by atoms with van der Waals surface area (Å²) in [5, 5.41) is 45.3. The monoisotopic (exact) mass is 488 g/mol. The number of hydrogen-bond acceptors (Lipinski definition) is 8. The van der Waals surface area contributed by atoms with E-state index >= 15 is 0 Å². The second-order valence-electron chi connectivity index (χ2n) is 8.27. The number of carboxylic acid groups (broad SMARTS) is 1. The predicted octanol–water partition coefficient (Wildman–Crippen LogP) is 0.387. The number of ether oxygens (including phenoxy) is 2. The van der Waals surface area contributed by atoms with Crippen molar-refractivity contribution in [2.75, 3.05) is 6.54 Å². The van der Waals surface area contributed by atoms with E-state index in [-0.39, 0.29) is 18.5 Å². The van der Waals surface area contributed by atoms with Gasteiger partial charge in [-0.1, -0.05) is 24.3 Å². The first-order chi connectivity index (χ1) is 16.6. The van der Waals surface area contributed by atoms with Crippen LogP contribution in [0.2, 0.25) is 0 Å². The van der Waals surface area contributed by atoms with Crippen molar-refractivity contribution in [2.24, 2.45) is 0 Å². The van der Waals surface area contributed by atoms with E-state index in [9.17, 15) is 34.8 Å². The highest BCUT2D eigenvalue weighted by atomic mass is 16.6. The Balaban J connectivity index is 1.61. The van der Waals surface area contributed by atoms with Crippen LogP contribution in [0.5, 0.6) is 11.5 Å². The van der Waals surface area contributed by atoms with Crippen LogP contribution in [0.3, 0.4) is 0 Å². The first-order valence-electron chi connectivity index (χ1n) is 10.9. The summed E-state index contributed by atoms with van der Waals surface area (Å²) in [5.41, 5.74) is -2.00. The highest BCUT2D eigenvalue weighted by molar-refractivity contribution is 5.94. The fourth-order valence-corrected chi connectivity index (χ4v) is 3.80. The average molecular weight is 488 g/mol. The Hall–Kier alpha value is -3.51. The Morgan fingerprint density at radius 3 is 2.46 bits per heavy atom. The number of nitrogens with one attached hydrogen (secondary N) is 2. The molecule has 11 nitrogen and oxygen atoms in total. The lowest BCUT2D eigenvalue weighted by Gasteiger charge is -2.42. The molecule has 0 aliphatic carbocycles. The van der Waals surface area contributed by atoms with Gasteiger partial charge in [0.15, 0.2) is 0 Å². The number of carboxylic acids is 1. The zero-order valence-corrected chi connectivity index (χ0v) is 19.0. The summed E-state index contributed by atoms with van der Waals surface area (Å²) >= 11 is 0. The lowest BCUT2D eigenvalue weighted by Crippen LogP contribution is -2.64. The van der Waals surface area contributed by atoms with Crippen molar-refractivity contribution >= 4 is 17.8 Å². The number of para-hydroxylation sites is 1. The predicted molar refractivity (Wildman–Crippen MR) is 122 cm³/mol. The molecule has 0 aromatic heterocycles. The van der Waals surface area contributed by atoms with Crippen molar-refractivity contribution in [3.63, 3.8) is 0 Å². The van der Waals surface area contributed by atoms with Gasteiger partial charge in [0, 0.05) is 31.9 Å². The Bertz CT molecular complexity index is 1050. The van der Waals surface area contributed by atoms with Crippen LogP contribution in [0, 0.1) is 0 Å². The molecular weight excluding hydrogens is 460 g/mol. The van der Waals surface area contributed by atoms with E-state index in [4.69, 9.17) is 9.47 Å². The minimum Gasteiger partial charge on any atom is -0.478 e. The van der Waals surface area contributed by atoms with Crippen LogP contribution in [0.4, 0.5) is 0 Å². The van der Waals surface area contributed by atoms with E-state index in [1.165, 1.54) is 6.07 Å². The molecule has 1 heterocycles. The number of benzene rings is 2. The van der Waals surface area contributed by atoms with Gasteiger partial charge in [0.1, 0.15) is 17.6 Å². The minimum atomic E-state index is -2.25. The summed E-state index contributed by atoms with van der Waals surface area (Å²) in [6.07, 6.45) is -6.37. The van der Waals surface area contributed by atoms with Gasteiger partial charge in [-0.2, -0.15) is 0 Å². The largest absolute Gasteiger partial charge is 0.478 e. The maximum atomic E-state index is 12.6. The van der Waals surface area contributed by atoms with Gasteiger partial charge in [0.25, 0.3) is 5.91 Å². The lowest BCUT2D eigenvalue weighted by molar-refractivity contribution is -0.226. The molecule has 1 saturated heterocycles. The Kier molecular flexibility index (Phi) is 8.41. The molecule has 2 aromatic carbocycles. The number of rotatable bonds is 9. The molecular formula is C24H28N2O9. The van der Waals surface area contributed by atoms with E-state index < -0.39 is 54.3 Å². The van der Waals surface area contributed by atoms with Gasteiger partial charge in [-0.25, -0.2) is 4.79 Å². The molecule has 2 aromatic rings. The van der Waals surface area contributed by atoms with Gasteiger partial charge in [-0.15, -0.1) is 0 Å². The highest BCUT2D eigenvalue weighted by Gasteiger charge is 2.50. The van der Waals surface area contributed by atoms with Crippen LogP contribution >= 0.6 is 0 Å². The lowest BCUT2D eigenvalue weighted by atomic mass is 9.91. The summed E-state index contributed by atoms with van der Waals surface area (Å²) in [7, 11) is 0. The van der Waals surface area contributed by atoms with Crippen LogP contribution in [-0.4, -0.2) is 74.9 Å². The molecule has 0 spiro atoms. The first-order valence-corrected chi connectivity index (χ1v) is 10.9. The summed E-state index contributed by atoms with van der Waals surface area (Å²) in [5.74, 6) is -1.78. The molecule has 1 aliphatic rings. The molecule has 0 radical (unpaired) electrons. The van der Waals surface area contributed by atoms with Crippen molar-refractivity contribution in [1.82, 2.24) is 10.6 Å². The zero-order valence-electron chi connectivity index (χ0n) is 19.0. The van der Waals surface area contributed by atoms with E-state index in [1.807, 2.05) is 18.2 Å². The van der Waals surface area contributed by atoms with Crippen molar-refractivity contribution in [1.29, 1.82) is 0 Å². The second kappa shape index (κ2) is 11.3. The molecule has 3 rings (SSSR count). The van der Waals surface area contributed by atoms with Crippen LogP contribution in [0.25, 0.3) is 0 Å². The minimum absolute atomic E-state index is 0.181. The van der Waals surface area contributed by atoms with Crippen molar-refractivity contribution in [2.45, 2.75) is 49.9 Å². The van der Waals surface area contributed by atoms with Crippen molar-refractivity contribution in [3.8, 4) is 11.5 Å². The molecule has 11 heteroatoms. The normalized spacial score (nSPS) is 23.5. The number of amides is 2. The fraction of sp³-hybridized carbons (Fsp3) is 0.375. The van der Waals surface area contributed by atoms with Crippen LogP contribution < -0.4 is 15.4 Å². The Labute approximate surface area is 201 Å². The molecule has 0 saturated carbocycles. The molecule has 35 heavy (non-hydrogen) atoms. The number of aliphatic hydroxyl groups is 3. The quantitative estimate of drug-likeness (QED) is 0.292. The summed E-state index contributed by atoms with van der Waals surface area (Å²) in [6, 6.07) is 15.4. The van der Waals surface area contributed by atoms with Crippen molar-refractivity contribution < 1.29 is 44.3 Å². The highest BCUT2D eigenvalue weighted by Crippen LogP contribution is 2.30. The van der Waals surface area contributed by atoms with E-state index in [2.05, 4.69) is 10.6 Å². The molecule has 5 atom stereocenters. The third kappa shape index (κ3) is 6.76. The third-order valence-corrected chi connectivity index (χ3v) is 5.43. The number of hydrogen-bond donors (Lipinski definition) is 6. The number of carbonyl (C=O) groups excluding carboxylic acids is 2. The van der Waals surface area contributed by atoms with Gasteiger partial charge < -0.3 is 40.5 Å². The molecule has 188 valence electrons. The number of aliphatic hydroxyl groups excluding tert-OH is 3. The standard InChI is InChI=1S/C24H28N2O9/c1-14(27)26-24(23(32)33)12-16(28)11-20(35-24)21(30)19(29)13-25-22(31)15-6-5-9-18(10-15)34-17-7-3-2-4-8-17/h2-10,16,19-21,28-30H,11-13H2,1H3,(H,25,31)(H,26,27)(H,32,33). The topological polar surface area (TPSA) is 175 Å². The Morgan fingerprint density at radius 2 is 1.80 bits per heavy atom. The summed E-state index contributed by atoms with van der Waals surface area (Å²) < 4.78 is 11.1. The molecule has 0 bridgehead atoms. The van der Waals surface area contributed by atoms with Gasteiger partial charge >= 0.3 is 5.97 Å². The molecule has 1 aliphatic heterocycles. The smallest absolute Gasteiger partial charge is 0.357 e. The van der Waals surface area contributed by atoms with Gasteiger partial charge in [0.05, 0.1) is 18.3 Å². The molecule has 6 N–H and O–H groups in total. The maximum absolute atomic E-state index is 12.6. The van der Waals surface area contributed by atoms with Gasteiger partial charge in [-0.05, 0) is 30.3 Å². The van der Waals surface area contributed by atoms with E-state index in [0.29, 0.717) is 11.5 Å². The van der Waals surface area contributed by atoms with Gasteiger partial charge in [-0.3, -0.25) is 9.59 Å². The number of aliphatic carboxylic acids is 1. The maximum Gasteiger partial charge on any atom is 0.357 e. The molecule has 2 amide bonds. The molecule has 5 unspecified atom stereocenters. The molecule has 1 fully saturated rings. The SMILES string of the molecule is CC(=O)NC1(C(=O)O)CC(O)CC(C(O)C(O)CNC(=O)c2cccc(Oc3ccccc3)c2)O1. The first kappa shape index (κ1) is 26.1. The average Bonchev–Trinajstić information content (AvgIpc) is 2.81. The zero-order chi connectivity index (χ0) is 25.6. The summed E-state index contributed by atoms with van der Waals surface area (Å²) in [6.45, 7) is 0.699. The second-order valence-corrected chi connectivity index (χ2v) is 8.27. The summed E-state index contributed by atoms with van der Waals surface area (Å²) in [4.78, 5) is 35.8. The fourth-order valence-electron chi connectivity index (χ4n) is 3.80. The van der Waals surface area contributed by atoms with Gasteiger partial charge in [0.2, 0.25) is 11.6 Å². The third-order valence-electron chi connectivity index (χ3n) is 5.43. The van der Waals surface area contributed by atoms with E-state index in [1.54, 1.807) is 30.3 Å². The number of carbonyl (C=O) groups is 3. The van der Waals surface area contributed by atoms with Crippen LogP contribution in [0.15, 0.2) is 54.6 Å². The van der Waals surface area contributed by atoms with Crippen molar-refractivity contribution in [3.05, 3.63) is 60.2 Å².